The summed E-state index contributed by atoms with van der Waals surface area (Å²) in [4.78, 5) is 4.61. The van der Waals surface area contributed by atoms with Crippen LogP contribution in [0.4, 0.5) is 4.39 Å². The third kappa shape index (κ3) is 6.20. The Labute approximate surface area is 170 Å². The zero-order valence-corrected chi connectivity index (χ0v) is 17.3. The standard InChI is InChI=1S/C21H25FN4O2S/c1-15(2)13-16-5-9-19(10-6-16)29(27,28)23-12-11-20-24-21(26-25-20)14-17-3-7-18(22)8-4-17/h3-10,15,23H,11-14H2,1-2H3,(H,24,25,26). The highest BCUT2D eigenvalue weighted by atomic mass is 32.2. The largest absolute Gasteiger partial charge is 0.263 e. The van der Waals surface area contributed by atoms with Gasteiger partial charge in [0.25, 0.3) is 0 Å². The van der Waals surface area contributed by atoms with Crippen LogP contribution in [0.25, 0.3) is 0 Å². The zero-order valence-electron chi connectivity index (χ0n) is 16.5. The number of halogens is 1. The second kappa shape index (κ2) is 9.28. The molecule has 2 aromatic carbocycles. The van der Waals surface area contributed by atoms with Crippen LogP contribution in [0.3, 0.4) is 0 Å². The predicted molar refractivity (Wildman–Crippen MR) is 109 cm³/mol. The Morgan fingerprint density at radius 2 is 1.69 bits per heavy atom. The lowest BCUT2D eigenvalue weighted by Crippen LogP contribution is -2.26. The summed E-state index contributed by atoms with van der Waals surface area (Å²) in [5.74, 6) is 1.41. The molecule has 1 heterocycles. The van der Waals surface area contributed by atoms with E-state index in [1.54, 1.807) is 24.3 Å². The maximum Gasteiger partial charge on any atom is 0.240 e. The highest BCUT2D eigenvalue weighted by Crippen LogP contribution is 2.13. The van der Waals surface area contributed by atoms with E-state index in [1.807, 2.05) is 12.1 Å². The Kier molecular flexibility index (Phi) is 6.76. The van der Waals surface area contributed by atoms with Crippen molar-refractivity contribution in [1.29, 1.82) is 0 Å². The van der Waals surface area contributed by atoms with Crippen LogP contribution in [-0.4, -0.2) is 30.1 Å². The Morgan fingerprint density at radius 3 is 2.34 bits per heavy atom. The number of hydrogen-bond donors (Lipinski definition) is 2. The van der Waals surface area contributed by atoms with Crippen LogP contribution in [-0.2, 0) is 29.3 Å². The van der Waals surface area contributed by atoms with Crippen molar-refractivity contribution in [3.63, 3.8) is 0 Å². The van der Waals surface area contributed by atoms with Crippen molar-refractivity contribution in [2.24, 2.45) is 5.92 Å². The molecular weight excluding hydrogens is 391 g/mol. The molecule has 0 saturated carbocycles. The van der Waals surface area contributed by atoms with Crippen molar-refractivity contribution < 1.29 is 12.8 Å². The number of aromatic amines is 1. The Bertz CT molecular complexity index is 1030. The first-order chi connectivity index (χ1) is 13.8. The summed E-state index contributed by atoms with van der Waals surface area (Å²) in [5, 5.41) is 6.95. The minimum Gasteiger partial charge on any atom is -0.263 e. The molecular formula is C21H25FN4O2S. The minimum absolute atomic E-state index is 0.198. The van der Waals surface area contributed by atoms with Crippen molar-refractivity contribution in [3.8, 4) is 0 Å². The summed E-state index contributed by atoms with van der Waals surface area (Å²) in [7, 11) is -3.57. The molecule has 0 aliphatic carbocycles. The quantitative estimate of drug-likeness (QED) is 0.560. The van der Waals surface area contributed by atoms with Crippen molar-refractivity contribution in [1.82, 2.24) is 19.9 Å². The highest BCUT2D eigenvalue weighted by molar-refractivity contribution is 7.89. The number of rotatable bonds is 9. The van der Waals surface area contributed by atoms with Gasteiger partial charge in [0.15, 0.2) is 5.82 Å². The lowest BCUT2D eigenvalue weighted by molar-refractivity contribution is 0.580. The lowest BCUT2D eigenvalue weighted by atomic mass is 10.0. The van der Waals surface area contributed by atoms with Gasteiger partial charge in [0, 0.05) is 19.4 Å². The number of aromatic nitrogens is 3. The number of hydrogen-bond acceptors (Lipinski definition) is 4. The van der Waals surface area contributed by atoms with Gasteiger partial charge in [-0.15, -0.1) is 0 Å². The molecule has 0 aliphatic rings. The van der Waals surface area contributed by atoms with Gasteiger partial charge in [0.1, 0.15) is 11.6 Å². The molecule has 0 atom stereocenters. The average molecular weight is 417 g/mol. The van der Waals surface area contributed by atoms with Crippen LogP contribution in [0, 0.1) is 11.7 Å². The van der Waals surface area contributed by atoms with E-state index in [1.165, 1.54) is 12.1 Å². The SMILES string of the molecule is CC(C)Cc1ccc(S(=O)(=O)NCCc2n[nH]c(Cc3ccc(F)cc3)n2)cc1. The first kappa shape index (κ1) is 21.1. The molecule has 0 amide bonds. The molecule has 8 heteroatoms. The fraction of sp³-hybridized carbons (Fsp3) is 0.333. The fourth-order valence-electron chi connectivity index (χ4n) is 2.98. The number of H-pyrrole nitrogens is 1. The number of benzene rings is 2. The maximum atomic E-state index is 13.0. The molecule has 0 radical (unpaired) electrons. The maximum absolute atomic E-state index is 13.0. The molecule has 1 aromatic heterocycles. The summed E-state index contributed by atoms with van der Waals surface area (Å²) in [6.07, 6.45) is 1.78. The first-order valence-corrected chi connectivity index (χ1v) is 11.0. The predicted octanol–water partition coefficient (Wildman–Crippen LogP) is 3.25. The van der Waals surface area contributed by atoms with E-state index in [2.05, 4.69) is 33.8 Å². The van der Waals surface area contributed by atoms with Gasteiger partial charge in [-0.3, -0.25) is 5.10 Å². The Hall–Kier alpha value is -2.58. The molecule has 3 rings (SSSR count). The van der Waals surface area contributed by atoms with E-state index >= 15 is 0 Å². The molecule has 0 spiro atoms. The summed E-state index contributed by atoms with van der Waals surface area (Å²) in [6.45, 7) is 4.45. The molecule has 0 fully saturated rings. The number of sulfonamides is 1. The molecule has 154 valence electrons. The Morgan fingerprint density at radius 1 is 1.03 bits per heavy atom. The van der Waals surface area contributed by atoms with Gasteiger partial charge in [-0.1, -0.05) is 38.1 Å². The Balaban J connectivity index is 1.52. The molecule has 6 nitrogen and oxygen atoms in total. The van der Waals surface area contributed by atoms with Gasteiger partial charge in [-0.25, -0.2) is 22.5 Å². The molecule has 0 bridgehead atoms. The van der Waals surface area contributed by atoms with Crippen LogP contribution in [0.1, 0.15) is 36.6 Å². The third-order valence-electron chi connectivity index (χ3n) is 4.38. The van der Waals surface area contributed by atoms with Crippen LogP contribution >= 0.6 is 0 Å². The van der Waals surface area contributed by atoms with Gasteiger partial charge >= 0.3 is 0 Å². The van der Waals surface area contributed by atoms with Gasteiger partial charge in [0.05, 0.1) is 4.90 Å². The molecule has 29 heavy (non-hydrogen) atoms. The second-order valence-electron chi connectivity index (χ2n) is 7.39. The normalized spacial score (nSPS) is 11.9. The monoisotopic (exact) mass is 416 g/mol. The molecule has 0 aliphatic heterocycles. The highest BCUT2D eigenvalue weighted by Gasteiger charge is 2.14. The molecule has 2 N–H and O–H groups in total. The third-order valence-corrected chi connectivity index (χ3v) is 5.86. The van der Waals surface area contributed by atoms with Crippen LogP contribution in [0.15, 0.2) is 53.4 Å². The summed E-state index contributed by atoms with van der Waals surface area (Å²) < 4.78 is 40.4. The zero-order chi connectivity index (χ0) is 20.9. The van der Waals surface area contributed by atoms with E-state index < -0.39 is 10.0 Å². The molecule has 0 unspecified atom stereocenters. The molecule has 0 saturated heterocycles. The van der Waals surface area contributed by atoms with Crippen molar-refractivity contribution in [3.05, 3.63) is 77.1 Å². The fourth-order valence-corrected chi connectivity index (χ4v) is 4.01. The second-order valence-corrected chi connectivity index (χ2v) is 9.16. The van der Waals surface area contributed by atoms with Crippen molar-refractivity contribution >= 4 is 10.0 Å². The number of nitrogens with zero attached hydrogens (tertiary/aromatic N) is 2. The van der Waals surface area contributed by atoms with E-state index in [0.29, 0.717) is 30.4 Å². The van der Waals surface area contributed by atoms with Crippen LogP contribution in [0.2, 0.25) is 0 Å². The smallest absolute Gasteiger partial charge is 0.240 e. The van der Waals surface area contributed by atoms with Crippen molar-refractivity contribution in [2.45, 2.75) is 38.0 Å². The summed E-state index contributed by atoms with van der Waals surface area (Å²) >= 11 is 0. The van der Waals surface area contributed by atoms with Crippen molar-refractivity contribution in [2.75, 3.05) is 6.54 Å². The van der Waals surface area contributed by atoms with E-state index in [0.717, 1.165) is 17.5 Å². The average Bonchev–Trinajstić information content (AvgIpc) is 3.11. The topological polar surface area (TPSA) is 87.7 Å². The lowest BCUT2D eigenvalue weighted by Gasteiger charge is -2.08. The van der Waals surface area contributed by atoms with E-state index in [4.69, 9.17) is 0 Å². The van der Waals surface area contributed by atoms with E-state index in [-0.39, 0.29) is 17.3 Å². The first-order valence-electron chi connectivity index (χ1n) is 9.55. The van der Waals surface area contributed by atoms with Crippen LogP contribution in [0.5, 0.6) is 0 Å². The minimum atomic E-state index is -3.57. The van der Waals surface area contributed by atoms with Gasteiger partial charge in [0.2, 0.25) is 10.0 Å². The van der Waals surface area contributed by atoms with E-state index in [9.17, 15) is 12.8 Å². The van der Waals surface area contributed by atoms with Gasteiger partial charge in [-0.05, 0) is 47.7 Å². The van der Waals surface area contributed by atoms with Crippen LogP contribution < -0.4 is 4.72 Å². The summed E-state index contributed by atoms with van der Waals surface area (Å²) in [6, 6.07) is 13.2. The molecule has 3 aromatic rings. The summed E-state index contributed by atoms with van der Waals surface area (Å²) in [5.41, 5.74) is 2.03. The van der Waals surface area contributed by atoms with Gasteiger partial charge in [-0.2, -0.15) is 5.10 Å². The van der Waals surface area contributed by atoms with Gasteiger partial charge < -0.3 is 0 Å². The number of nitrogens with one attached hydrogen (secondary N) is 2.